The lowest BCUT2D eigenvalue weighted by atomic mass is 9.75. The van der Waals surface area contributed by atoms with E-state index < -0.39 is 59.6 Å². The quantitative estimate of drug-likeness (QED) is 0.437. The standard InChI is InChI=1S/C22H28O7/c1-7-10(2)20(24)28-18-15-12(4)21(25)29-19(15)17(27-13(5)23)11(3)14-8-9-22(6,26)16(14)18/h7-9,12,15-19,26H,1-6H3/b10-7-/t12-,15-,16-,17-,18-,19+,22+/m0/s1. The molecule has 1 aliphatic heterocycles. The third-order valence-corrected chi connectivity index (χ3v) is 6.33. The number of rotatable bonds is 3. The number of carbonyl (C=O) groups excluding carboxylic acids is 3. The van der Waals surface area contributed by atoms with Gasteiger partial charge in [0.05, 0.1) is 23.4 Å². The van der Waals surface area contributed by atoms with Gasteiger partial charge < -0.3 is 19.3 Å². The van der Waals surface area contributed by atoms with Crippen molar-refractivity contribution in [3.63, 3.8) is 0 Å². The second-order valence-electron chi connectivity index (χ2n) is 8.31. The topological polar surface area (TPSA) is 99.1 Å². The summed E-state index contributed by atoms with van der Waals surface area (Å²) < 4.78 is 17.1. The highest BCUT2D eigenvalue weighted by molar-refractivity contribution is 5.88. The normalized spacial score (nSPS) is 38.9. The predicted octanol–water partition coefficient (Wildman–Crippen LogP) is 2.24. The molecule has 3 aliphatic rings. The lowest BCUT2D eigenvalue weighted by Crippen LogP contribution is -2.48. The molecule has 0 saturated carbocycles. The van der Waals surface area contributed by atoms with E-state index in [1.165, 1.54) is 6.92 Å². The first-order valence-corrected chi connectivity index (χ1v) is 9.83. The fourth-order valence-corrected chi connectivity index (χ4v) is 4.61. The van der Waals surface area contributed by atoms with Gasteiger partial charge in [-0.05, 0) is 38.8 Å². The number of aliphatic hydroxyl groups is 1. The molecule has 3 rings (SSSR count). The van der Waals surface area contributed by atoms with Crippen LogP contribution in [0, 0.1) is 17.8 Å². The zero-order chi connectivity index (χ0) is 21.7. The SMILES string of the molecule is C/C=C(/C)C(=O)O[C@H]1[C@H]2[C@@H](OC(=O)[C@H]2C)[C@@H](OC(C)=O)C(C)=C2C=C[C@@](C)(O)[C@@H]21. The van der Waals surface area contributed by atoms with E-state index in [0.29, 0.717) is 11.1 Å². The average molecular weight is 404 g/mol. The maximum Gasteiger partial charge on any atom is 0.333 e. The Hall–Kier alpha value is -2.41. The molecular formula is C22H28O7. The van der Waals surface area contributed by atoms with Crippen molar-refractivity contribution in [2.45, 2.75) is 65.5 Å². The van der Waals surface area contributed by atoms with Crippen LogP contribution in [0.25, 0.3) is 0 Å². The third-order valence-electron chi connectivity index (χ3n) is 6.33. The molecule has 0 unspecified atom stereocenters. The largest absolute Gasteiger partial charge is 0.458 e. The molecule has 7 nitrogen and oxygen atoms in total. The summed E-state index contributed by atoms with van der Waals surface area (Å²) in [4.78, 5) is 36.9. The van der Waals surface area contributed by atoms with Crippen LogP contribution in [-0.2, 0) is 28.6 Å². The van der Waals surface area contributed by atoms with Gasteiger partial charge in [-0.3, -0.25) is 9.59 Å². The van der Waals surface area contributed by atoms with Crippen LogP contribution in [0.2, 0.25) is 0 Å². The van der Waals surface area contributed by atoms with Crippen molar-refractivity contribution in [2.24, 2.45) is 17.8 Å². The Bertz CT molecular complexity index is 832. The lowest BCUT2D eigenvalue weighted by molar-refractivity contribution is -0.164. The van der Waals surface area contributed by atoms with Crippen LogP contribution in [0.5, 0.6) is 0 Å². The third kappa shape index (κ3) is 3.52. The fraction of sp³-hybridized carbons (Fsp3) is 0.591. The molecule has 7 atom stereocenters. The van der Waals surface area contributed by atoms with Gasteiger partial charge in [-0.2, -0.15) is 0 Å². The van der Waals surface area contributed by atoms with E-state index in [4.69, 9.17) is 14.2 Å². The minimum Gasteiger partial charge on any atom is -0.458 e. The summed E-state index contributed by atoms with van der Waals surface area (Å²) in [5.41, 5.74) is 0.534. The van der Waals surface area contributed by atoms with Crippen molar-refractivity contribution in [3.8, 4) is 0 Å². The second-order valence-corrected chi connectivity index (χ2v) is 8.31. The van der Waals surface area contributed by atoms with Crippen molar-refractivity contribution in [1.29, 1.82) is 0 Å². The van der Waals surface area contributed by atoms with Crippen molar-refractivity contribution in [1.82, 2.24) is 0 Å². The van der Waals surface area contributed by atoms with Crippen LogP contribution < -0.4 is 0 Å². The highest BCUT2D eigenvalue weighted by Gasteiger charge is 2.60. The zero-order valence-corrected chi connectivity index (χ0v) is 17.6. The molecule has 1 saturated heterocycles. The Kier molecular flexibility index (Phi) is 5.47. The number of fused-ring (bicyclic) bond motifs is 2. The Labute approximate surface area is 170 Å². The van der Waals surface area contributed by atoms with Crippen molar-refractivity contribution < 1.29 is 33.7 Å². The Morgan fingerprint density at radius 2 is 1.93 bits per heavy atom. The summed E-state index contributed by atoms with van der Waals surface area (Å²) in [5, 5.41) is 11.1. The van der Waals surface area contributed by atoms with E-state index in [2.05, 4.69) is 0 Å². The molecule has 0 spiro atoms. The van der Waals surface area contributed by atoms with Gasteiger partial charge in [0.15, 0.2) is 6.10 Å². The molecule has 0 aromatic rings. The Morgan fingerprint density at radius 1 is 1.28 bits per heavy atom. The second kappa shape index (κ2) is 7.44. The smallest absolute Gasteiger partial charge is 0.333 e. The van der Waals surface area contributed by atoms with Crippen LogP contribution in [0.15, 0.2) is 34.9 Å². The molecule has 0 bridgehead atoms. The van der Waals surface area contributed by atoms with Crippen LogP contribution in [0.3, 0.4) is 0 Å². The van der Waals surface area contributed by atoms with Crippen molar-refractivity contribution in [3.05, 3.63) is 34.9 Å². The highest BCUT2D eigenvalue weighted by atomic mass is 16.6. The minimum absolute atomic E-state index is 0.424. The summed E-state index contributed by atoms with van der Waals surface area (Å²) in [7, 11) is 0. The van der Waals surface area contributed by atoms with E-state index in [-0.39, 0.29) is 0 Å². The van der Waals surface area contributed by atoms with Gasteiger partial charge in [0.2, 0.25) is 0 Å². The van der Waals surface area contributed by atoms with Gasteiger partial charge in [0.1, 0.15) is 12.2 Å². The average Bonchev–Trinajstić information content (AvgIpc) is 3.09. The van der Waals surface area contributed by atoms with E-state index in [0.717, 1.165) is 5.57 Å². The molecule has 0 radical (unpaired) electrons. The molecule has 158 valence electrons. The summed E-state index contributed by atoms with van der Waals surface area (Å²) in [6.45, 7) is 9.81. The summed E-state index contributed by atoms with van der Waals surface area (Å²) in [6.07, 6.45) is 2.62. The van der Waals surface area contributed by atoms with Gasteiger partial charge in [-0.15, -0.1) is 0 Å². The molecule has 29 heavy (non-hydrogen) atoms. The van der Waals surface area contributed by atoms with E-state index in [1.54, 1.807) is 52.8 Å². The van der Waals surface area contributed by atoms with Crippen LogP contribution in [0.1, 0.15) is 41.5 Å². The van der Waals surface area contributed by atoms with E-state index in [1.807, 2.05) is 0 Å². The molecule has 1 fully saturated rings. The molecular weight excluding hydrogens is 376 g/mol. The summed E-state index contributed by atoms with van der Waals surface area (Å²) in [6, 6.07) is 0. The molecule has 0 aromatic heterocycles. The van der Waals surface area contributed by atoms with E-state index in [9.17, 15) is 19.5 Å². The maximum absolute atomic E-state index is 12.7. The molecule has 7 heteroatoms. The molecule has 1 heterocycles. The number of esters is 3. The maximum atomic E-state index is 12.7. The van der Waals surface area contributed by atoms with Crippen LogP contribution in [-0.4, -0.2) is 46.9 Å². The van der Waals surface area contributed by atoms with Crippen molar-refractivity contribution in [2.75, 3.05) is 0 Å². The number of allylic oxidation sites excluding steroid dienone is 2. The lowest BCUT2D eigenvalue weighted by Gasteiger charge is -2.37. The molecule has 0 aromatic carbocycles. The zero-order valence-electron chi connectivity index (χ0n) is 17.6. The first-order chi connectivity index (χ1) is 13.5. The first-order valence-electron chi connectivity index (χ1n) is 9.83. The molecule has 2 aliphatic carbocycles. The molecule has 0 amide bonds. The van der Waals surface area contributed by atoms with Gasteiger partial charge in [-0.1, -0.05) is 25.2 Å². The van der Waals surface area contributed by atoms with Gasteiger partial charge in [-0.25, -0.2) is 4.79 Å². The fourth-order valence-electron chi connectivity index (χ4n) is 4.61. The highest BCUT2D eigenvalue weighted by Crippen LogP contribution is 2.50. The minimum atomic E-state index is -1.30. The number of ether oxygens (including phenoxy) is 3. The van der Waals surface area contributed by atoms with Gasteiger partial charge in [0, 0.05) is 12.5 Å². The first kappa shape index (κ1) is 21.3. The summed E-state index contributed by atoms with van der Waals surface area (Å²) >= 11 is 0. The predicted molar refractivity (Wildman–Crippen MR) is 103 cm³/mol. The van der Waals surface area contributed by atoms with Crippen LogP contribution >= 0.6 is 0 Å². The van der Waals surface area contributed by atoms with Crippen molar-refractivity contribution >= 4 is 17.9 Å². The van der Waals surface area contributed by atoms with E-state index >= 15 is 0 Å². The Balaban J connectivity index is 2.17. The van der Waals surface area contributed by atoms with Crippen LogP contribution in [0.4, 0.5) is 0 Å². The van der Waals surface area contributed by atoms with Gasteiger partial charge >= 0.3 is 17.9 Å². The Morgan fingerprint density at radius 3 is 2.52 bits per heavy atom. The number of carbonyl (C=O) groups is 3. The number of hydrogen-bond donors (Lipinski definition) is 1. The number of hydrogen-bond acceptors (Lipinski definition) is 7. The monoisotopic (exact) mass is 404 g/mol. The van der Waals surface area contributed by atoms with Gasteiger partial charge in [0.25, 0.3) is 0 Å². The summed E-state index contributed by atoms with van der Waals surface area (Å²) in [5.74, 6) is -3.25. The molecule has 1 N–H and O–H groups in total.